The monoisotopic (exact) mass is 595 g/mol. The van der Waals surface area contributed by atoms with Crippen molar-refractivity contribution >= 4 is 17.3 Å². The van der Waals surface area contributed by atoms with E-state index in [0.29, 0.717) is 6.61 Å². The van der Waals surface area contributed by atoms with Crippen molar-refractivity contribution in [2.24, 2.45) is 0 Å². The lowest BCUT2D eigenvalue weighted by Gasteiger charge is -2.32. The first-order chi connectivity index (χ1) is 20.2. The fourth-order valence-electron chi connectivity index (χ4n) is 4.79. The molecule has 4 heterocycles. The first-order valence-corrected chi connectivity index (χ1v) is 14.1. The quantitative estimate of drug-likeness (QED) is 0.279. The predicted molar refractivity (Wildman–Crippen MR) is 153 cm³/mol. The second-order valence-electron chi connectivity index (χ2n) is 9.96. The summed E-state index contributed by atoms with van der Waals surface area (Å²) in [5.41, 5.74) is 8.67. The Kier molecular flexibility index (Phi) is 8.91. The number of piperazine rings is 1. The van der Waals surface area contributed by atoms with Gasteiger partial charge in [0.05, 0.1) is 22.5 Å². The predicted octanol–water partition coefficient (Wildman–Crippen LogP) is 4.92. The van der Waals surface area contributed by atoms with E-state index in [4.69, 9.17) is 14.6 Å². The molecule has 0 bridgehead atoms. The number of aromatic nitrogens is 3. The van der Waals surface area contributed by atoms with Crippen molar-refractivity contribution in [2.75, 3.05) is 39.8 Å². The van der Waals surface area contributed by atoms with Crippen LogP contribution in [0.25, 0.3) is 22.5 Å². The van der Waals surface area contributed by atoms with Crippen LogP contribution in [0, 0.1) is 11.8 Å². The normalized spacial score (nSPS) is 14.7. The summed E-state index contributed by atoms with van der Waals surface area (Å²) in [6.07, 6.45) is -0.747. The molecule has 1 aromatic carbocycles. The highest BCUT2D eigenvalue weighted by molar-refractivity contribution is 7.11. The maximum absolute atomic E-state index is 10.6. The van der Waals surface area contributed by atoms with Gasteiger partial charge in [-0.15, -0.1) is 11.3 Å². The average Bonchev–Trinajstić information content (AvgIpc) is 3.68. The van der Waals surface area contributed by atoms with Gasteiger partial charge in [0.2, 0.25) is 0 Å². The summed E-state index contributed by atoms with van der Waals surface area (Å²) < 4.78 is 37.3. The van der Waals surface area contributed by atoms with Gasteiger partial charge in [-0.25, -0.2) is 4.79 Å². The summed E-state index contributed by atoms with van der Waals surface area (Å²) in [7, 11) is 2.20. The lowest BCUT2D eigenvalue weighted by atomic mass is 10.0. The van der Waals surface area contributed by atoms with Crippen LogP contribution in [0.1, 0.15) is 21.6 Å². The third-order valence-electron chi connectivity index (χ3n) is 6.95. The van der Waals surface area contributed by atoms with Crippen LogP contribution in [0.4, 0.5) is 13.2 Å². The van der Waals surface area contributed by atoms with Crippen LogP contribution in [-0.2, 0) is 17.8 Å². The van der Waals surface area contributed by atoms with Crippen molar-refractivity contribution in [3.63, 3.8) is 0 Å². The second kappa shape index (κ2) is 12.8. The van der Waals surface area contributed by atoms with Crippen LogP contribution < -0.4 is 4.74 Å². The zero-order valence-corrected chi connectivity index (χ0v) is 23.6. The highest BCUT2D eigenvalue weighted by atomic mass is 32.1. The van der Waals surface area contributed by atoms with E-state index < -0.39 is 12.1 Å². The van der Waals surface area contributed by atoms with Gasteiger partial charge >= 0.3 is 12.1 Å². The number of nitrogens with zero attached hydrogens (tertiary/aromatic N) is 4. The minimum Gasteiger partial charge on any atom is -0.479 e. The molecule has 218 valence electrons. The molecule has 0 unspecified atom stereocenters. The topological polar surface area (TPSA) is 94.6 Å². The van der Waals surface area contributed by atoms with Gasteiger partial charge in [-0.05, 0) is 36.4 Å². The number of alkyl halides is 3. The number of fused-ring (bicyclic) bond motifs is 3. The fourth-order valence-corrected chi connectivity index (χ4v) is 5.55. The number of pyridine rings is 1. The Morgan fingerprint density at radius 2 is 1.98 bits per heavy atom. The maximum Gasteiger partial charge on any atom is 0.490 e. The van der Waals surface area contributed by atoms with E-state index in [0.717, 1.165) is 66.7 Å². The number of rotatable bonds is 5. The fraction of sp³-hybridized carbons (Fsp3) is 0.300. The van der Waals surface area contributed by atoms with Crippen LogP contribution in [0.5, 0.6) is 5.75 Å². The Hall–Kier alpha value is -4.18. The van der Waals surface area contributed by atoms with Crippen LogP contribution in [0.15, 0.2) is 54.2 Å². The third-order valence-corrected chi connectivity index (χ3v) is 7.79. The van der Waals surface area contributed by atoms with Gasteiger partial charge < -0.3 is 14.7 Å². The molecule has 6 rings (SSSR count). The Morgan fingerprint density at radius 3 is 2.69 bits per heavy atom. The van der Waals surface area contributed by atoms with Crippen molar-refractivity contribution in [3.05, 3.63) is 75.7 Å². The summed E-state index contributed by atoms with van der Waals surface area (Å²) in [6, 6.07) is 12.8. The number of carboxylic acids is 1. The van der Waals surface area contributed by atoms with E-state index in [-0.39, 0.29) is 0 Å². The van der Waals surface area contributed by atoms with Crippen molar-refractivity contribution in [2.45, 2.75) is 19.1 Å². The largest absolute Gasteiger partial charge is 0.490 e. The van der Waals surface area contributed by atoms with Gasteiger partial charge in [0.1, 0.15) is 12.4 Å². The SMILES string of the molecule is CN1CCN(Cc2ccc3c(c2)Cc2c(-c4csc(C#CCOc5cccnc5)c4)n[nH]c2-3)CC1.O=C(O)C(F)(F)F. The summed E-state index contributed by atoms with van der Waals surface area (Å²) in [6.45, 7) is 5.93. The molecule has 1 saturated heterocycles. The van der Waals surface area contributed by atoms with E-state index in [1.54, 1.807) is 23.7 Å². The van der Waals surface area contributed by atoms with Crippen LogP contribution in [-0.4, -0.2) is 82.1 Å². The summed E-state index contributed by atoms with van der Waals surface area (Å²) in [5, 5.41) is 17.2. The van der Waals surface area contributed by atoms with Gasteiger partial charge in [-0.1, -0.05) is 30.0 Å². The number of benzene rings is 1. The zero-order chi connectivity index (χ0) is 29.7. The minimum atomic E-state index is -5.08. The van der Waals surface area contributed by atoms with E-state index >= 15 is 0 Å². The molecular weight excluding hydrogens is 567 g/mol. The number of H-pyrrole nitrogens is 1. The Balaban J connectivity index is 0.000000451. The molecule has 2 aliphatic rings. The molecule has 4 aromatic rings. The molecule has 1 fully saturated rings. The van der Waals surface area contributed by atoms with Gasteiger partial charge in [-0.2, -0.15) is 18.3 Å². The molecule has 1 aliphatic heterocycles. The average molecular weight is 596 g/mol. The molecule has 0 amide bonds. The molecular formula is C30H28F3N5O3S. The molecule has 1 aliphatic carbocycles. The summed E-state index contributed by atoms with van der Waals surface area (Å²) in [5.74, 6) is 4.27. The van der Waals surface area contributed by atoms with Gasteiger partial charge in [-0.3, -0.25) is 15.0 Å². The number of carbonyl (C=O) groups is 1. The number of aliphatic carboxylic acids is 1. The molecule has 2 N–H and O–H groups in total. The first kappa shape index (κ1) is 29.3. The van der Waals surface area contributed by atoms with Gasteiger partial charge in [0.15, 0.2) is 0 Å². The first-order valence-electron chi connectivity index (χ1n) is 13.2. The van der Waals surface area contributed by atoms with Crippen LogP contribution in [0.2, 0.25) is 0 Å². The Labute approximate surface area is 244 Å². The highest BCUT2D eigenvalue weighted by Gasteiger charge is 2.38. The van der Waals surface area contributed by atoms with Crippen LogP contribution >= 0.6 is 11.3 Å². The number of thiophene rings is 1. The van der Waals surface area contributed by atoms with Crippen molar-refractivity contribution in [3.8, 4) is 40.1 Å². The van der Waals surface area contributed by atoms with Gasteiger partial charge in [0, 0.05) is 67.4 Å². The number of likely N-dealkylation sites (N-methyl/N-ethyl adjacent to an activating group) is 1. The minimum absolute atomic E-state index is 0.336. The number of nitrogens with one attached hydrogen (secondary N) is 1. The molecule has 8 nitrogen and oxygen atoms in total. The Morgan fingerprint density at radius 1 is 1.19 bits per heavy atom. The molecule has 42 heavy (non-hydrogen) atoms. The molecule has 0 atom stereocenters. The lowest BCUT2D eigenvalue weighted by molar-refractivity contribution is -0.192. The number of halogens is 3. The van der Waals surface area contributed by atoms with Crippen LogP contribution in [0.3, 0.4) is 0 Å². The highest BCUT2D eigenvalue weighted by Crippen LogP contribution is 2.41. The van der Waals surface area contributed by atoms with E-state index in [2.05, 4.69) is 73.5 Å². The maximum atomic E-state index is 10.6. The molecule has 3 aromatic heterocycles. The molecule has 0 spiro atoms. The smallest absolute Gasteiger partial charge is 0.479 e. The molecule has 0 radical (unpaired) electrons. The standard InChI is InChI=1S/C28H27N5OS.C2HF3O2/c1-32-9-11-33(12-10-32)18-20-6-7-25-21(14-20)16-26-27(30-31-28(25)26)22-15-24(35-19-22)5-3-13-34-23-4-2-8-29-17-23;3-2(4,5)1(6)7/h2,4,6-8,14-15,17,19H,9-13,16,18H2,1H3,(H,30,31);(H,6,7). The van der Waals surface area contributed by atoms with E-state index in [1.165, 1.54) is 22.3 Å². The number of ether oxygens (including phenoxy) is 1. The molecule has 12 heteroatoms. The van der Waals surface area contributed by atoms with Gasteiger partial charge in [0.25, 0.3) is 0 Å². The zero-order valence-electron chi connectivity index (χ0n) is 22.7. The Bertz CT molecular complexity index is 1600. The third kappa shape index (κ3) is 7.17. The number of carboxylic acid groups (broad SMARTS) is 1. The summed E-state index contributed by atoms with van der Waals surface area (Å²) >= 11 is 1.64. The number of aromatic amines is 1. The second-order valence-corrected chi connectivity index (χ2v) is 10.9. The number of hydrogen-bond donors (Lipinski definition) is 2. The summed E-state index contributed by atoms with van der Waals surface area (Å²) in [4.78, 5) is 18.9. The van der Waals surface area contributed by atoms with Crippen molar-refractivity contribution in [1.29, 1.82) is 0 Å². The lowest BCUT2D eigenvalue weighted by Crippen LogP contribution is -2.43. The molecule has 0 saturated carbocycles. The van der Waals surface area contributed by atoms with Crippen molar-refractivity contribution in [1.82, 2.24) is 25.0 Å². The van der Waals surface area contributed by atoms with Crippen molar-refractivity contribution < 1.29 is 27.8 Å². The van der Waals surface area contributed by atoms with E-state index in [1.807, 2.05) is 12.1 Å². The van der Waals surface area contributed by atoms with E-state index in [9.17, 15) is 13.2 Å². The number of hydrogen-bond acceptors (Lipinski definition) is 7.